The molecule has 4 unspecified atom stereocenters. The Balaban J connectivity index is 1.14. The van der Waals surface area contributed by atoms with Gasteiger partial charge in [-0.15, -0.1) is 0 Å². The lowest BCUT2D eigenvalue weighted by atomic mass is 9.80. The van der Waals surface area contributed by atoms with Crippen LogP contribution in [0.15, 0.2) is 146 Å². The summed E-state index contributed by atoms with van der Waals surface area (Å²) in [4.78, 5) is 0. The van der Waals surface area contributed by atoms with Crippen LogP contribution in [0.25, 0.3) is 0 Å². The van der Waals surface area contributed by atoms with Crippen LogP contribution in [-0.2, 0) is 25.7 Å². The van der Waals surface area contributed by atoms with Gasteiger partial charge in [0.2, 0.25) is 0 Å². The highest BCUT2D eigenvalue weighted by molar-refractivity contribution is 8.07. The van der Waals surface area contributed by atoms with Gasteiger partial charge in [0.15, 0.2) is 0 Å². The van der Waals surface area contributed by atoms with Crippen molar-refractivity contribution in [3.63, 3.8) is 0 Å². The van der Waals surface area contributed by atoms with Crippen molar-refractivity contribution < 1.29 is 18.9 Å². The van der Waals surface area contributed by atoms with Crippen LogP contribution in [0.3, 0.4) is 0 Å². The predicted octanol–water partition coefficient (Wildman–Crippen LogP) is 14.5. The first-order valence-electron chi connectivity index (χ1n) is 24.1. The van der Waals surface area contributed by atoms with Crippen LogP contribution in [-0.4, -0.2) is 70.4 Å². The second kappa shape index (κ2) is 22.2. The minimum Gasteiger partial charge on any atom is -0.492 e. The van der Waals surface area contributed by atoms with Gasteiger partial charge < -0.3 is 18.9 Å². The smallest absolute Gasteiger partial charge is 0.122 e. The molecule has 0 amide bonds. The van der Waals surface area contributed by atoms with Gasteiger partial charge in [-0.05, 0) is 133 Å². The fourth-order valence-corrected chi connectivity index (χ4v) is 10.5. The molecule has 4 nitrogen and oxygen atoms in total. The largest absolute Gasteiger partial charge is 0.492 e. The van der Waals surface area contributed by atoms with Gasteiger partial charge in [-0.1, -0.05) is 121 Å². The Kier molecular flexibility index (Phi) is 15.9. The Labute approximate surface area is 423 Å². The van der Waals surface area contributed by atoms with Crippen LogP contribution in [0, 0.1) is 0 Å². The van der Waals surface area contributed by atoms with Crippen molar-refractivity contribution in [3.8, 4) is 23.0 Å². The molecule has 8 heteroatoms. The summed E-state index contributed by atoms with van der Waals surface area (Å²) in [5.41, 5.74) is 16.5. The first kappa shape index (κ1) is 48.7. The summed E-state index contributed by atoms with van der Waals surface area (Å²) in [5, 5.41) is 2.33. The van der Waals surface area contributed by atoms with Crippen molar-refractivity contribution in [2.45, 2.75) is 86.2 Å². The maximum Gasteiger partial charge on any atom is 0.122 e. The number of hydrogen-bond donors (Lipinski definition) is 0. The van der Waals surface area contributed by atoms with E-state index in [1.54, 1.807) is 0 Å². The van der Waals surface area contributed by atoms with Gasteiger partial charge in [-0.3, -0.25) is 0 Å². The normalized spacial score (nSPS) is 19.6. The molecule has 354 valence electrons. The Morgan fingerprint density at radius 3 is 0.779 bits per heavy atom. The SMILES string of the molecule is C=C(C)Cc1cc(C(c2ccc(C(c3ccc(OCC4CS4)c(CC(=C)C)c3)c3ccc(OCC4CS4)c(CC(=C)C)c3)cc2)c2ccc(OCC3CS3)c(CC(=C)C)c2)ccc1OCC1CS1. The molecule has 0 aromatic heterocycles. The molecule has 5 aromatic rings. The minimum absolute atomic E-state index is 0.0530. The van der Waals surface area contributed by atoms with Crippen LogP contribution in [0.1, 0.15) is 95.2 Å². The van der Waals surface area contributed by atoms with Crippen LogP contribution in [0.4, 0.5) is 0 Å². The van der Waals surface area contributed by atoms with Crippen molar-refractivity contribution in [3.05, 3.63) is 201 Å². The molecule has 4 aliphatic rings. The fourth-order valence-electron chi connectivity index (χ4n) is 8.96. The summed E-state index contributed by atoms with van der Waals surface area (Å²) in [6.45, 7) is 28.7. The highest BCUT2D eigenvalue weighted by atomic mass is 32.2. The summed E-state index contributed by atoms with van der Waals surface area (Å²) in [7, 11) is 0. The molecule has 0 saturated carbocycles. The minimum atomic E-state index is -0.0530. The molecule has 4 aliphatic heterocycles. The Morgan fingerprint density at radius 2 is 0.588 bits per heavy atom. The van der Waals surface area contributed by atoms with Gasteiger partial charge >= 0.3 is 0 Å². The molecule has 0 N–H and O–H groups in total. The maximum absolute atomic E-state index is 6.47. The number of allylic oxidation sites excluding steroid dienone is 4. The topological polar surface area (TPSA) is 36.9 Å². The monoisotopic (exact) mass is 978 g/mol. The van der Waals surface area contributed by atoms with E-state index in [1.165, 1.54) is 78.6 Å². The molecule has 0 spiro atoms. The average Bonchev–Trinajstić information content (AvgIpc) is 4.09. The number of rotatable bonds is 26. The molecule has 4 atom stereocenters. The summed E-state index contributed by atoms with van der Waals surface area (Å²) in [6.07, 6.45) is 3.03. The third kappa shape index (κ3) is 13.5. The predicted molar refractivity (Wildman–Crippen MR) is 295 cm³/mol. The van der Waals surface area contributed by atoms with Crippen LogP contribution in [0.5, 0.6) is 23.0 Å². The van der Waals surface area contributed by atoms with E-state index in [4.69, 9.17) is 18.9 Å². The van der Waals surface area contributed by atoms with Crippen molar-refractivity contribution in [2.75, 3.05) is 49.4 Å². The fraction of sp³-hybridized carbons (Fsp3) is 0.367. The molecule has 9 rings (SSSR count). The second-order valence-corrected chi connectivity index (χ2v) is 24.9. The zero-order valence-corrected chi connectivity index (χ0v) is 43.5. The first-order chi connectivity index (χ1) is 32.9. The summed E-state index contributed by atoms with van der Waals surface area (Å²) in [6, 6.07) is 36.7. The van der Waals surface area contributed by atoms with Crippen LogP contribution < -0.4 is 18.9 Å². The van der Waals surface area contributed by atoms with E-state index in [0.29, 0.717) is 21.0 Å². The van der Waals surface area contributed by atoms with Gasteiger partial charge in [0.25, 0.3) is 0 Å². The quantitative estimate of drug-likeness (QED) is 0.0308. The van der Waals surface area contributed by atoms with Crippen molar-refractivity contribution in [2.24, 2.45) is 0 Å². The summed E-state index contributed by atoms with van der Waals surface area (Å²) < 4.78 is 25.9. The molecule has 4 saturated heterocycles. The van der Waals surface area contributed by atoms with Gasteiger partial charge in [0.05, 0.1) is 0 Å². The first-order valence-corrected chi connectivity index (χ1v) is 28.3. The lowest BCUT2D eigenvalue weighted by Crippen LogP contribution is -2.11. The van der Waals surface area contributed by atoms with Crippen molar-refractivity contribution in [1.29, 1.82) is 0 Å². The molecular weight excluding hydrogens is 913 g/mol. The third-order valence-corrected chi connectivity index (χ3v) is 16.3. The number of benzene rings is 5. The number of thioether (sulfide) groups is 4. The summed E-state index contributed by atoms with van der Waals surface area (Å²) in [5.74, 6) is 8.38. The van der Waals surface area contributed by atoms with E-state index in [9.17, 15) is 0 Å². The molecule has 0 aliphatic carbocycles. The lowest BCUT2D eigenvalue weighted by Gasteiger charge is -2.25. The molecule has 0 radical (unpaired) electrons. The molecular formula is C60H66O4S4. The summed E-state index contributed by atoms with van der Waals surface area (Å²) >= 11 is 7.85. The van der Waals surface area contributed by atoms with Gasteiger partial charge in [-0.2, -0.15) is 47.0 Å². The second-order valence-electron chi connectivity index (χ2n) is 19.6. The van der Waals surface area contributed by atoms with E-state index < -0.39 is 0 Å². The maximum atomic E-state index is 6.47. The highest BCUT2D eigenvalue weighted by Gasteiger charge is 2.29. The molecule has 4 heterocycles. The average molecular weight is 979 g/mol. The van der Waals surface area contributed by atoms with Gasteiger partial charge in [-0.25, -0.2) is 0 Å². The van der Waals surface area contributed by atoms with Crippen LogP contribution in [0.2, 0.25) is 0 Å². The Morgan fingerprint density at radius 1 is 0.382 bits per heavy atom. The standard InChI is InChI=1S/C60H66O4S4/c1-37(2)21-47-25-43(13-17-55(47)61-29-51-33-65-51)59(44-14-18-56(62-30-52-34-66-52)48(26-44)22-38(3)4)41-9-11-42(12-10-41)60(45-15-19-57(63-31-53-35-67-53)49(27-45)23-39(5)6)46-16-20-58(64-32-54-36-68-54)50(28-46)24-40(7)8/h9-20,25-28,51-54,59-60H,1,3,5,7,21-24,29-36H2,2,4,6,8H3. The third-order valence-electron chi connectivity index (χ3n) is 12.6. The van der Waals surface area contributed by atoms with E-state index in [0.717, 1.165) is 97.4 Å². The lowest BCUT2D eigenvalue weighted by molar-refractivity contribution is 0.326. The molecule has 0 bridgehead atoms. The zero-order valence-electron chi connectivity index (χ0n) is 40.3. The Hall–Kier alpha value is -4.34. The highest BCUT2D eigenvalue weighted by Crippen LogP contribution is 2.43. The number of hydrogen-bond acceptors (Lipinski definition) is 8. The number of ether oxygens (including phenoxy) is 4. The van der Waals surface area contributed by atoms with Crippen LogP contribution >= 0.6 is 47.0 Å². The van der Waals surface area contributed by atoms with Gasteiger partial charge in [0.1, 0.15) is 49.4 Å². The van der Waals surface area contributed by atoms with Crippen molar-refractivity contribution in [1.82, 2.24) is 0 Å². The molecule has 68 heavy (non-hydrogen) atoms. The van der Waals surface area contributed by atoms with Crippen molar-refractivity contribution >= 4 is 47.0 Å². The van der Waals surface area contributed by atoms with E-state index >= 15 is 0 Å². The van der Waals surface area contributed by atoms with Gasteiger partial charge in [0, 0.05) is 55.8 Å². The van der Waals surface area contributed by atoms with E-state index in [-0.39, 0.29) is 11.8 Å². The zero-order chi connectivity index (χ0) is 47.3. The van der Waals surface area contributed by atoms with E-state index in [2.05, 4.69) is 151 Å². The molecule has 5 aromatic carbocycles. The Bertz CT molecular complexity index is 2310. The van der Waals surface area contributed by atoms with E-state index in [1.807, 2.05) is 47.0 Å². The molecule has 4 fully saturated rings.